The first kappa shape index (κ1) is 76.0. The average molecular weight is 1260 g/mol. The fourth-order valence-corrected chi connectivity index (χ4v) is 8.98. The summed E-state index contributed by atoms with van der Waals surface area (Å²) in [5, 5.41) is 63.8. The van der Waals surface area contributed by atoms with Gasteiger partial charge in [-0.2, -0.15) is 23.5 Å². The second-order valence-corrected chi connectivity index (χ2v) is 21.5. The van der Waals surface area contributed by atoms with Crippen molar-refractivity contribution in [3.05, 3.63) is 0 Å². The highest BCUT2D eigenvalue weighted by molar-refractivity contribution is 7.98. The molecule has 0 radical (unpaired) electrons. The molecule has 1 saturated heterocycles. The fraction of sp³-hybridized carbons (Fsp3) is 0.688. The van der Waals surface area contributed by atoms with E-state index in [0.717, 1.165) is 6.92 Å². The van der Waals surface area contributed by atoms with Gasteiger partial charge in [0, 0.05) is 19.6 Å². The Morgan fingerprint density at radius 2 is 0.849 bits per heavy atom. The van der Waals surface area contributed by atoms with E-state index in [2.05, 4.69) is 68.1 Å². The molecule has 0 aromatic heterocycles. The van der Waals surface area contributed by atoms with Crippen LogP contribution in [0.25, 0.3) is 0 Å². The number of primary amides is 1. The number of carboxylic acid groups (broad SMARTS) is 2. The van der Waals surface area contributed by atoms with Gasteiger partial charge in [0.1, 0.15) is 54.4 Å². The molecule has 11 atom stereocenters. The van der Waals surface area contributed by atoms with E-state index in [4.69, 9.17) is 40.1 Å². The number of carboxylic acids is 2. The van der Waals surface area contributed by atoms with Gasteiger partial charge in [0.05, 0.1) is 31.6 Å². The quantitative estimate of drug-likeness (QED) is 0.0153. The normalized spacial score (nSPS) is 16.1. The Hall–Kier alpha value is -7.97. The van der Waals surface area contributed by atoms with Gasteiger partial charge in [0.15, 0.2) is 17.9 Å². The smallest absolute Gasteiger partial charge is 0.328 e. The number of carbonyl (C=O) groups is 12. The lowest BCUT2D eigenvalue weighted by Gasteiger charge is -2.28. The van der Waals surface area contributed by atoms with E-state index in [1.807, 2.05) is 0 Å². The number of nitrogens with zero attached hydrogens (tertiary/aromatic N) is 3. The summed E-state index contributed by atoms with van der Waals surface area (Å²) in [6.45, 7) is 0.527. The second kappa shape index (κ2) is 41.1. The van der Waals surface area contributed by atoms with Crippen molar-refractivity contribution in [2.75, 3.05) is 56.8 Å². The third kappa shape index (κ3) is 30.7. The van der Waals surface area contributed by atoms with Crippen molar-refractivity contribution in [3.63, 3.8) is 0 Å². The minimum absolute atomic E-state index is 0.00900. The number of hydrogen-bond acceptors (Lipinski definition) is 20. The predicted octanol–water partition coefficient (Wildman–Crippen LogP) is -9.42. The van der Waals surface area contributed by atoms with Crippen molar-refractivity contribution in [2.45, 2.75) is 150 Å². The van der Waals surface area contributed by atoms with E-state index in [9.17, 15) is 78.0 Å². The van der Waals surface area contributed by atoms with Crippen molar-refractivity contribution >= 4 is 112 Å². The van der Waals surface area contributed by atoms with Crippen LogP contribution in [0.4, 0.5) is 0 Å². The number of nitrogens with one attached hydrogen (secondary N) is 10. The van der Waals surface area contributed by atoms with Crippen molar-refractivity contribution in [1.29, 1.82) is 0 Å². The summed E-state index contributed by atoms with van der Waals surface area (Å²) in [6.07, 6.45) is 0.164. The van der Waals surface area contributed by atoms with Crippen LogP contribution < -0.4 is 93.3 Å². The van der Waals surface area contributed by atoms with Gasteiger partial charge < -0.3 is 114 Å². The van der Waals surface area contributed by atoms with E-state index in [1.165, 1.54) is 23.5 Å². The maximum absolute atomic E-state index is 14.2. The van der Waals surface area contributed by atoms with Crippen molar-refractivity contribution in [1.82, 2.24) is 53.2 Å². The lowest BCUT2D eigenvalue weighted by Crippen LogP contribution is -2.62. The lowest BCUT2D eigenvalue weighted by atomic mass is 10.0. The van der Waals surface area contributed by atoms with Crippen LogP contribution >= 0.6 is 23.5 Å². The number of aliphatic hydroxyl groups is 2. The monoisotopic (exact) mass is 1260 g/mol. The van der Waals surface area contributed by atoms with E-state index in [0.29, 0.717) is 25.1 Å². The number of nitrogens with two attached hydrogens (primary N) is 7. The number of hydrogen-bond donors (Lipinski definition) is 21. The maximum Gasteiger partial charge on any atom is 0.328 e. The summed E-state index contributed by atoms with van der Waals surface area (Å²) in [4.78, 5) is 172. The molecule has 10 amide bonds. The number of rotatable bonds is 43. The van der Waals surface area contributed by atoms with Gasteiger partial charge in [0.2, 0.25) is 59.1 Å². The van der Waals surface area contributed by atoms with Crippen LogP contribution in [0.1, 0.15) is 84.0 Å². The first-order valence-electron chi connectivity index (χ1n) is 27.2. The van der Waals surface area contributed by atoms with E-state index in [-0.39, 0.29) is 94.6 Å². The van der Waals surface area contributed by atoms with Gasteiger partial charge in [-0.1, -0.05) is 0 Å². The molecular weight excluding hydrogens is 1180 g/mol. The molecule has 1 aliphatic rings. The molecule has 486 valence electrons. The average Bonchev–Trinajstić information content (AvgIpc) is 4.00. The van der Waals surface area contributed by atoms with Crippen LogP contribution in [0.15, 0.2) is 15.0 Å². The number of aliphatic imine (C=N–C) groups is 3. The molecule has 0 aromatic rings. The third-order valence-corrected chi connectivity index (χ3v) is 13.8. The zero-order valence-corrected chi connectivity index (χ0v) is 49.8. The van der Waals surface area contributed by atoms with Crippen molar-refractivity contribution < 1.29 is 78.0 Å². The Labute approximate surface area is 504 Å². The first-order chi connectivity index (χ1) is 40.5. The largest absolute Gasteiger partial charge is 0.481 e. The number of amides is 10. The highest BCUT2D eigenvalue weighted by Gasteiger charge is 2.38. The van der Waals surface area contributed by atoms with Gasteiger partial charge in [0.25, 0.3) is 0 Å². The maximum atomic E-state index is 14.2. The molecule has 1 aliphatic heterocycles. The van der Waals surface area contributed by atoms with E-state index < -0.39 is 157 Å². The van der Waals surface area contributed by atoms with Crippen LogP contribution in [-0.2, 0) is 57.5 Å². The van der Waals surface area contributed by atoms with Crippen LogP contribution in [0.5, 0.6) is 0 Å². The summed E-state index contributed by atoms with van der Waals surface area (Å²) in [7, 11) is 0. The molecule has 1 rings (SSSR count). The first-order valence-corrected chi connectivity index (χ1v) is 30.0. The Morgan fingerprint density at radius 1 is 0.500 bits per heavy atom. The number of carbonyl (C=O) groups excluding carboxylic acids is 10. The number of thioether (sulfide) groups is 2. The Balaban J connectivity index is 3.62. The van der Waals surface area contributed by atoms with E-state index >= 15 is 0 Å². The summed E-state index contributed by atoms with van der Waals surface area (Å²) in [5.41, 5.74) is 38.3. The summed E-state index contributed by atoms with van der Waals surface area (Å²) < 4.78 is 0. The molecular formula is C48H86N20O16S2. The fourth-order valence-electron chi connectivity index (χ4n) is 8.04. The molecule has 36 nitrogen and oxygen atoms in total. The Kier molecular flexibility index (Phi) is 36.4. The SMILES string of the molecule is CSCC[C@H](NC(=O)[C@H](CCSC)NC(=O)[C@@H](NC(=O)[C@H](CC(=O)O)NC(=O)[C@H](CCCN=C(N)N)NC(=O)[C@H](CC(N)=O)NC(=O)[C@H](CCCN=C(N)N)NC(=O)[C@H](CCCN=C(N)N)NC(=O)[C@@H]1CCCN1)[C@@H](C)O)C(=O)N[C@@H](CO)C(=O)O. The summed E-state index contributed by atoms with van der Waals surface area (Å²) >= 11 is 2.54. The molecule has 1 heterocycles. The topological polar surface area (TPSA) is 625 Å². The number of aliphatic carboxylic acids is 2. The van der Waals surface area contributed by atoms with Gasteiger partial charge in [-0.05, 0) is 102 Å². The standard InChI is InChI=1S/C48H86N20O16S2/c1-23(70)35(44(82)64-29(13-19-86-3)40(78)63-28(12-18-85-2)41(79)67-32(22-69)45(83)84)68-43(81)31(21-34(72)73)66-39(77)27(11-7-17-59-48(54)55)62-42(80)30(20-33(49)71)65-38(76)26(10-6-16-58-47(52)53)61-37(75)25(9-5-15-57-46(50)51)60-36(74)24-8-4-14-56-24/h23-32,35,56,69-70H,4-22H2,1-3H3,(H2,49,71)(H,60,74)(H,61,75)(H,62,80)(H,63,78)(H,64,82)(H,65,76)(H,66,77)(H,67,79)(H,68,81)(H,72,73)(H,83,84)(H4,50,51,57)(H4,52,53,58)(H4,54,55,59)/t23-,24+,25+,26+,27+,28+,29+,30+,31+,32+,35+/m1/s1. The third-order valence-electron chi connectivity index (χ3n) is 12.5. The number of guanidine groups is 3. The molecule has 0 unspecified atom stereocenters. The summed E-state index contributed by atoms with van der Waals surface area (Å²) in [6, 6.07) is -15.6. The van der Waals surface area contributed by atoms with Gasteiger partial charge >= 0.3 is 11.9 Å². The van der Waals surface area contributed by atoms with Crippen LogP contribution in [0, 0.1) is 0 Å². The van der Waals surface area contributed by atoms with Gasteiger partial charge in [-0.25, -0.2) is 4.79 Å². The van der Waals surface area contributed by atoms with Gasteiger partial charge in [-0.15, -0.1) is 0 Å². The molecule has 0 aromatic carbocycles. The highest BCUT2D eigenvalue weighted by atomic mass is 32.2. The molecule has 0 aliphatic carbocycles. The van der Waals surface area contributed by atoms with Crippen molar-refractivity contribution in [3.8, 4) is 0 Å². The Morgan fingerprint density at radius 3 is 1.19 bits per heavy atom. The second-order valence-electron chi connectivity index (χ2n) is 19.6. The highest BCUT2D eigenvalue weighted by Crippen LogP contribution is 2.12. The number of aliphatic hydroxyl groups excluding tert-OH is 2. The molecule has 86 heavy (non-hydrogen) atoms. The molecule has 0 bridgehead atoms. The lowest BCUT2D eigenvalue weighted by molar-refractivity contribution is -0.143. The molecule has 1 fully saturated rings. The molecule has 0 saturated carbocycles. The zero-order valence-electron chi connectivity index (χ0n) is 48.2. The van der Waals surface area contributed by atoms with Crippen LogP contribution in [0.3, 0.4) is 0 Å². The minimum atomic E-state index is -2.08. The molecule has 0 spiro atoms. The minimum Gasteiger partial charge on any atom is -0.481 e. The summed E-state index contributed by atoms with van der Waals surface area (Å²) in [5.74, 6) is -14.1. The predicted molar refractivity (Wildman–Crippen MR) is 317 cm³/mol. The molecule has 38 heteroatoms. The van der Waals surface area contributed by atoms with E-state index in [1.54, 1.807) is 12.5 Å². The van der Waals surface area contributed by atoms with Crippen molar-refractivity contribution in [2.24, 2.45) is 55.1 Å². The zero-order chi connectivity index (χ0) is 65.1. The molecule has 28 N–H and O–H groups in total. The van der Waals surface area contributed by atoms with Gasteiger partial charge in [-0.3, -0.25) is 67.7 Å². The Bertz CT molecular complexity index is 2390. The van der Waals surface area contributed by atoms with Crippen LogP contribution in [0.2, 0.25) is 0 Å². The van der Waals surface area contributed by atoms with Crippen LogP contribution in [-0.4, -0.2) is 233 Å².